The van der Waals surface area contributed by atoms with Gasteiger partial charge >= 0.3 is 0 Å². The van der Waals surface area contributed by atoms with Gasteiger partial charge in [0.2, 0.25) is 5.91 Å². The molecule has 2 fully saturated rings. The van der Waals surface area contributed by atoms with E-state index in [1.165, 1.54) is 19.3 Å². The minimum absolute atomic E-state index is 0.0103. The van der Waals surface area contributed by atoms with Gasteiger partial charge in [-0.15, -0.1) is 0 Å². The Labute approximate surface area is 116 Å². The lowest BCUT2D eigenvalue weighted by Crippen LogP contribution is -2.47. The van der Waals surface area contributed by atoms with Gasteiger partial charge in [-0.2, -0.15) is 0 Å². The molecule has 2 unspecified atom stereocenters. The lowest BCUT2D eigenvalue weighted by molar-refractivity contribution is -0.126. The molecule has 1 amide bonds. The van der Waals surface area contributed by atoms with Crippen LogP contribution in [0.4, 0.5) is 0 Å². The van der Waals surface area contributed by atoms with Crippen molar-refractivity contribution in [3.8, 4) is 0 Å². The highest BCUT2D eigenvalue weighted by atomic mass is 16.5. The van der Waals surface area contributed by atoms with Gasteiger partial charge in [0.25, 0.3) is 0 Å². The Morgan fingerprint density at radius 2 is 1.89 bits per heavy atom. The van der Waals surface area contributed by atoms with E-state index < -0.39 is 0 Å². The van der Waals surface area contributed by atoms with Crippen molar-refractivity contribution in [3.63, 3.8) is 0 Å². The first-order chi connectivity index (χ1) is 9.24. The maximum atomic E-state index is 12.3. The summed E-state index contributed by atoms with van der Waals surface area (Å²) >= 11 is 0. The molecule has 4 nitrogen and oxygen atoms in total. The molecule has 2 atom stereocenters. The minimum Gasteiger partial charge on any atom is -0.379 e. The Balaban J connectivity index is 1.77. The normalized spacial score (nSPS) is 35.3. The summed E-state index contributed by atoms with van der Waals surface area (Å²) in [6.07, 6.45) is 6.09. The summed E-state index contributed by atoms with van der Waals surface area (Å²) in [5.74, 6) is 1.05. The second kappa shape index (κ2) is 7.25. The van der Waals surface area contributed by atoms with Crippen LogP contribution in [0.25, 0.3) is 0 Å². The predicted molar refractivity (Wildman–Crippen MR) is 76.0 cm³/mol. The molecule has 0 radical (unpaired) electrons. The van der Waals surface area contributed by atoms with Crippen molar-refractivity contribution < 1.29 is 9.53 Å². The smallest absolute Gasteiger partial charge is 0.227 e. The maximum Gasteiger partial charge on any atom is 0.227 e. The first-order valence-electron chi connectivity index (χ1n) is 7.86. The van der Waals surface area contributed by atoms with E-state index in [-0.39, 0.29) is 17.9 Å². The summed E-state index contributed by atoms with van der Waals surface area (Å²) in [5.41, 5.74) is 0. The highest BCUT2D eigenvalue weighted by molar-refractivity contribution is 5.80. The number of ether oxygens (including phenoxy) is 1. The number of carbonyl (C=O) groups is 1. The van der Waals surface area contributed by atoms with Crippen molar-refractivity contribution in [2.75, 3.05) is 19.8 Å². The van der Waals surface area contributed by atoms with Crippen molar-refractivity contribution in [3.05, 3.63) is 0 Å². The first kappa shape index (κ1) is 14.8. The topological polar surface area (TPSA) is 50.4 Å². The molecule has 1 aliphatic carbocycles. The Morgan fingerprint density at radius 3 is 2.53 bits per heavy atom. The molecular formula is C15H28N2O2. The van der Waals surface area contributed by atoms with Crippen LogP contribution in [0.5, 0.6) is 0 Å². The van der Waals surface area contributed by atoms with Gasteiger partial charge in [0.1, 0.15) is 0 Å². The summed E-state index contributed by atoms with van der Waals surface area (Å²) in [6.45, 7) is 6.45. The van der Waals surface area contributed by atoms with E-state index in [0.29, 0.717) is 19.3 Å². The molecule has 0 aromatic carbocycles. The lowest BCUT2D eigenvalue weighted by Gasteiger charge is -2.29. The van der Waals surface area contributed by atoms with E-state index >= 15 is 0 Å². The van der Waals surface area contributed by atoms with Crippen LogP contribution in [0.1, 0.15) is 46.0 Å². The molecular weight excluding hydrogens is 240 g/mol. The average Bonchev–Trinajstić information content (AvgIpc) is 2.88. The number of nitrogens with one attached hydrogen (secondary N) is 2. The Kier molecular flexibility index (Phi) is 5.64. The van der Waals surface area contributed by atoms with E-state index in [4.69, 9.17) is 4.74 Å². The summed E-state index contributed by atoms with van der Waals surface area (Å²) in [7, 11) is 0. The number of hydrogen-bond acceptors (Lipinski definition) is 3. The fourth-order valence-electron chi connectivity index (χ4n) is 3.30. The highest BCUT2D eigenvalue weighted by Gasteiger charge is 2.34. The van der Waals surface area contributed by atoms with Crippen LogP contribution in [-0.2, 0) is 9.53 Å². The monoisotopic (exact) mass is 268 g/mol. The molecule has 2 N–H and O–H groups in total. The molecule has 0 spiro atoms. The fourth-order valence-corrected chi connectivity index (χ4v) is 3.30. The zero-order chi connectivity index (χ0) is 13.7. The van der Waals surface area contributed by atoms with E-state index in [1.807, 2.05) is 0 Å². The molecule has 1 saturated heterocycles. The van der Waals surface area contributed by atoms with Gasteiger partial charge in [-0.3, -0.25) is 4.79 Å². The summed E-state index contributed by atoms with van der Waals surface area (Å²) in [6, 6.07) is 0.579. The molecule has 2 rings (SSSR count). The van der Waals surface area contributed by atoms with Gasteiger partial charge in [0.05, 0.1) is 19.1 Å². The van der Waals surface area contributed by atoms with Crippen LogP contribution >= 0.6 is 0 Å². The molecule has 19 heavy (non-hydrogen) atoms. The van der Waals surface area contributed by atoms with Gasteiger partial charge in [0, 0.05) is 12.1 Å². The third kappa shape index (κ3) is 3.93. The van der Waals surface area contributed by atoms with Crippen molar-refractivity contribution >= 4 is 5.91 Å². The van der Waals surface area contributed by atoms with Crippen LogP contribution in [0, 0.1) is 11.8 Å². The predicted octanol–water partition coefficient (Wildman–Crippen LogP) is 1.70. The Bertz CT molecular complexity index is 288. The quantitative estimate of drug-likeness (QED) is 0.798. The van der Waals surface area contributed by atoms with Crippen LogP contribution in [0.3, 0.4) is 0 Å². The van der Waals surface area contributed by atoms with Crippen LogP contribution in [0.2, 0.25) is 0 Å². The van der Waals surface area contributed by atoms with E-state index in [0.717, 1.165) is 25.3 Å². The molecule has 0 aromatic rings. The summed E-state index contributed by atoms with van der Waals surface area (Å²) in [4.78, 5) is 12.3. The van der Waals surface area contributed by atoms with Gasteiger partial charge in [0.15, 0.2) is 0 Å². The molecule has 0 aromatic heterocycles. The van der Waals surface area contributed by atoms with Crippen molar-refractivity contribution in [2.45, 2.75) is 58.0 Å². The molecule has 2 aliphatic rings. The molecule has 1 aliphatic heterocycles. The van der Waals surface area contributed by atoms with E-state index in [2.05, 4.69) is 24.5 Å². The van der Waals surface area contributed by atoms with Crippen molar-refractivity contribution in [1.82, 2.24) is 10.6 Å². The highest BCUT2D eigenvalue weighted by Crippen LogP contribution is 2.27. The van der Waals surface area contributed by atoms with Gasteiger partial charge in [-0.1, -0.05) is 20.3 Å². The van der Waals surface area contributed by atoms with Crippen molar-refractivity contribution in [2.24, 2.45) is 11.8 Å². The number of likely N-dealkylation sites (N-methyl/N-ethyl adjacent to an activating group) is 1. The number of hydrogen-bond donors (Lipinski definition) is 2. The summed E-state index contributed by atoms with van der Waals surface area (Å²) in [5, 5.41) is 6.58. The van der Waals surface area contributed by atoms with Crippen LogP contribution in [-0.4, -0.2) is 37.7 Å². The second-order valence-electron chi connectivity index (χ2n) is 5.94. The Morgan fingerprint density at radius 1 is 1.16 bits per heavy atom. The third-order valence-corrected chi connectivity index (χ3v) is 4.65. The largest absolute Gasteiger partial charge is 0.379 e. The molecule has 110 valence electrons. The fraction of sp³-hybridized carbons (Fsp3) is 0.933. The van der Waals surface area contributed by atoms with E-state index in [9.17, 15) is 4.79 Å². The molecule has 4 heteroatoms. The molecule has 1 saturated carbocycles. The number of carbonyl (C=O) groups excluding carboxylic acids is 1. The lowest BCUT2D eigenvalue weighted by atomic mass is 9.84. The van der Waals surface area contributed by atoms with Crippen LogP contribution in [0.15, 0.2) is 0 Å². The maximum absolute atomic E-state index is 12.3. The number of rotatable bonds is 5. The zero-order valence-electron chi connectivity index (χ0n) is 12.3. The second-order valence-corrected chi connectivity index (χ2v) is 5.94. The SMILES string of the molecule is CCNC1COCC1C(=O)NC1CCC(CC)CC1. The van der Waals surface area contributed by atoms with Gasteiger partial charge < -0.3 is 15.4 Å². The minimum atomic E-state index is -0.0103. The van der Waals surface area contributed by atoms with Crippen LogP contribution < -0.4 is 10.6 Å². The Hall–Kier alpha value is -0.610. The molecule has 1 heterocycles. The average molecular weight is 268 g/mol. The number of amides is 1. The third-order valence-electron chi connectivity index (χ3n) is 4.65. The van der Waals surface area contributed by atoms with Gasteiger partial charge in [-0.25, -0.2) is 0 Å². The first-order valence-corrected chi connectivity index (χ1v) is 7.86. The van der Waals surface area contributed by atoms with Gasteiger partial charge in [-0.05, 0) is 38.1 Å². The van der Waals surface area contributed by atoms with E-state index in [1.54, 1.807) is 0 Å². The molecule has 0 bridgehead atoms. The standard InChI is InChI=1S/C15H28N2O2/c1-3-11-5-7-12(8-6-11)17-15(18)13-9-19-10-14(13)16-4-2/h11-14,16H,3-10H2,1-2H3,(H,17,18). The van der Waals surface area contributed by atoms with Crippen molar-refractivity contribution in [1.29, 1.82) is 0 Å². The zero-order valence-corrected chi connectivity index (χ0v) is 12.3. The summed E-state index contributed by atoms with van der Waals surface area (Å²) < 4.78 is 5.44.